The average Bonchev–Trinajstić information content (AvgIpc) is 3.41. The topological polar surface area (TPSA) is 52.3 Å². The lowest BCUT2D eigenvalue weighted by molar-refractivity contribution is 0.0995. The Morgan fingerprint density at radius 1 is 1.16 bits per heavy atom. The molecule has 2 aliphatic rings. The van der Waals surface area contributed by atoms with Gasteiger partial charge in [-0.05, 0) is 48.1 Å². The molecule has 3 rings (SSSR count). The monoisotopic (exact) mass is 349 g/mol. The summed E-state index contributed by atoms with van der Waals surface area (Å²) in [5.74, 6) is 1.46. The lowest BCUT2D eigenvalue weighted by atomic mass is 9.74. The molecule has 0 spiro atoms. The van der Waals surface area contributed by atoms with Crippen molar-refractivity contribution in [2.24, 2.45) is 23.5 Å². The van der Waals surface area contributed by atoms with Crippen LogP contribution in [0.25, 0.3) is 0 Å². The van der Waals surface area contributed by atoms with E-state index in [0.29, 0.717) is 36.0 Å². The number of hydrogen-bond acceptors (Lipinski definition) is 2. The largest absolute Gasteiger partial charge is 0.493 e. The summed E-state index contributed by atoms with van der Waals surface area (Å²) in [5.41, 5.74) is 6.17. The minimum atomic E-state index is -0.717. The first kappa shape index (κ1) is 19.7. The Kier molecular flexibility index (Phi) is 6.86. The molecule has 0 radical (unpaired) electrons. The number of ether oxygens (including phenoxy) is 1. The fourth-order valence-electron chi connectivity index (χ4n) is 3.86. The summed E-state index contributed by atoms with van der Waals surface area (Å²) in [4.78, 5) is 11.4. The van der Waals surface area contributed by atoms with Gasteiger partial charge in [-0.25, -0.2) is 4.39 Å². The minimum Gasteiger partial charge on any atom is -0.493 e. The summed E-state index contributed by atoms with van der Waals surface area (Å²) in [6.45, 7) is 9.18. The Hall–Kier alpha value is -1.58. The van der Waals surface area contributed by atoms with E-state index in [0.717, 1.165) is 18.4 Å². The summed E-state index contributed by atoms with van der Waals surface area (Å²) < 4.78 is 20.1. The first-order chi connectivity index (χ1) is 12.0. The fraction of sp³-hybridized carbons (Fsp3) is 0.667. The van der Waals surface area contributed by atoms with Gasteiger partial charge in [-0.1, -0.05) is 47.0 Å². The second kappa shape index (κ2) is 8.68. The SMILES string of the molecule is CC.CC1CCCC(C)C1COc1cc(F)c(C(N)=O)cc1C1CC1. The van der Waals surface area contributed by atoms with Crippen molar-refractivity contribution in [3.05, 3.63) is 29.1 Å². The summed E-state index contributed by atoms with van der Waals surface area (Å²) in [7, 11) is 0. The van der Waals surface area contributed by atoms with E-state index in [1.54, 1.807) is 6.07 Å². The summed E-state index contributed by atoms with van der Waals surface area (Å²) in [6, 6.07) is 2.95. The molecule has 2 saturated carbocycles. The Morgan fingerprint density at radius 2 is 1.76 bits per heavy atom. The standard InChI is InChI=1S/C19H26FNO2.C2H6/c1-11-4-3-5-12(2)16(11)10-23-18-9-17(20)15(19(21)22)8-14(18)13-6-7-13;1-2/h8-9,11-13,16H,3-7,10H2,1-2H3,(H2,21,22);1-2H3. The summed E-state index contributed by atoms with van der Waals surface area (Å²) >= 11 is 0. The maximum Gasteiger partial charge on any atom is 0.251 e. The number of carbonyl (C=O) groups excluding carboxylic acids is 1. The van der Waals surface area contributed by atoms with Crippen LogP contribution in [0, 0.1) is 23.6 Å². The van der Waals surface area contributed by atoms with E-state index in [1.807, 2.05) is 13.8 Å². The number of halogens is 1. The molecular formula is C21H32FNO2. The van der Waals surface area contributed by atoms with Crippen molar-refractivity contribution in [1.29, 1.82) is 0 Å². The smallest absolute Gasteiger partial charge is 0.251 e. The molecular weight excluding hydrogens is 317 g/mol. The Morgan fingerprint density at radius 3 is 2.28 bits per heavy atom. The second-order valence-electron chi connectivity index (χ2n) is 7.37. The molecule has 1 aromatic rings. The van der Waals surface area contributed by atoms with Crippen molar-refractivity contribution in [3.8, 4) is 5.75 Å². The van der Waals surface area contributed by atoms with Gasteiger partial charge in [-0.2, -0.15) is 0 Å². The molecule has 2 unspecified atom stereocenters. The van der Waals surface area contributed by atoms with Crippen molar-refractivity contribution in [3.63, 3.8) is 0 Å². The van der Waals surface area contributed by atoms with Gasteiger partial charge >= 0.3 is 0 Å². The maximum absolute atomic E-state index is 14.1. The second-order valence-corrected chi connectivity index (χ2v) is 7.37. The molecule has 0 saturated heterocycles. The van der Waals surface area contributed by atoms with Crippen LogP contribution in [-0.2, 0) is 0 Å². The molecule has 4 heteroatoms. The van der Waals surface area contributed by atoms with Crippen LogP contribution >= 0.6 is 0 Å². The molecule has 0 bridgehead atoms. The molecule has 2 aliphatic carbocycles. The van der Waals surface area contributed by atoms with Crippen LogP contribution in [0.4, 0.5) is 4.39 Å². The molecule has 1 amide bonds. The summed E-state index contributed by atoms with van der Waals surface area (Å²) in [6.07, 6.45) is 5.90. The highest BCUT2D eigenvalue weighted by atomic mass is 19.1. The molecule has 2 N–H and O–H groups in total. The molecule has 0 aliphatic heterocycles. The van der Waals surface area contributed by atoms with Crippen molar-refractivity contribution < 1.29 is 13.9 Å². The normalized spacial score (nSPS) is 25.7. The number of benzene rings is 1. The Bertz CT molecular complexity index is 588. The van der Waals surface area contributed by atoms with Crippen molar-refractivity contribution in [1.82, 2.24) is 0 Å². The predicted octanol–water partition coefficient (Wildman–Crippen LogP) is 5.28. The Labute approximate surface area is 151 Å². The van der Waals surface area contributed by atoms with E-state index in [4.69, 9.17) is 10.5 Å². The molecule has 140 valence electrons. The number of rotatable bonds is 5. The molecule has 2 fully saturated rings. The zero-order chi connectivity index (χ0) is 18.6. The van der Waals surface area contributed by atoms with Gasteiger partial charge in [-0.15, -0.1) is 0 Å². The number of primary amides is 1. The highest BCUT2D eigenvalue weighted by Gasteiger charge is 2.31. The van der Waals surface area contributed by atoms with Crippen LogP contribution < -0.4 is 10.5 Å². The zero-order valence-electron chi connectivity index (χ0n) is 16.0. The predicted molar refractivity (Wildman–Crippen MR) is 99.4 cm³/mol. The molecule has 25 heavy (non-hydrogen) atoms. The lowest BCUT2D eigenvalue weighted by Gasteiger charge is -2.34. The number of hydrogen-bond donors (Lipinski definition) is 1. The van der Waals surface area contributed by atoms with Gasteiger partial charge in [0.15, 0.2) is 0 Å². The molecule has 0 heterocycles. The summed E-state index contributed by atoms with van der Waals surface area (Å²) in [5, 5.41) is 0. The van der Waals surface area contributed by atoms with Crippen LogP contribution in [0.1, 0.15) is 81.6 Å². The van der Waals surface area contributed by atoms with Gasteiger partial charge in [0.25, 0.3) is 5.91 Å². The van der Waals surface area contributed by atoms with Gasteiger partial charge in [0.2, 0.25) is 0 Å². The third kappa shape index (κ3) is 4.74. The maximum atomic E-state index is 14.1. The highest BCUT2D eigenvalue weighted by molar-refractivity contribution is 5.93. The Balaban J connectivity index is 0.00000109. The molecule has 3 nitrogen and oxygen atoms in total. The van der Waals surface area contributed by atoms with Gasteiger partial charge in [-0.3, -0.25) is 4.79 Å². The van der Waals surface area contributed by atoms with E-state index in [9.17, 15) is 9.18 Å². The van der Waals surface area contributed by atoms with Crippen LogP contribution in [0.2, 0.25) is 0 Å². The van der Waals surface area contributed by atoms with Crippen LogP contribution in [-0.4, -0.2) is 12.5 Å². The van der Waals surface area contributed by atoms with Gasteiger partial charge in [0.1, 0.15) is 11.6 Å². The van der Waals surface area contributed by atoms with Crippen LogP contribution in [0.5, 0.6) is 5.75 Å². The first-order valence-corrected chi connectivity index (χ1v) is 9.73. The van der Waals surface area contributed by atoms with E-state index in [1.165, 1.54) is 25.3 Å². The van der Waals surface area contributed by atoms with E-state index >= 15 is 0 Å². The quantitative estimate of drug-likeness (QED) is 0.786. The third-order valence-electron chi connectivity index (χ3n) is 5.59. The van der Waals surface area contributed by atoms with Crippen molar-refractivity contribution >= 4 is 5.91 Å². The number of nitrogens with two attached hydrogens (primary N) is 1. The van der Waals surface area contributed by atoms with Crippen molar-refractivity contribution in [2.75, 3.05) is 6.61 Å². The number of carbonyl (C=O) groups is 1. The van der Waals surface area contributed by atoms with Gasteiger partial charge in [0.05, 0.1) is 12.2 Å². The number of amides is 1. The third-order valence-corrected chi connectivity index (χ3v) is 5.59. The molecule has 0 aromatic heterocycles. The highest BCUT2D eigenvalue weighted by Crippen LogP contribution is 2.45. The van der Waals surface area contributed by atoms with Gasteiger partial charge < -0.3 is 10.5 Å². The first-order valence-electron chi connectivity index (χ1n) is 9.73. The minimum absolute atomic E-state index is 0.0290. The van der Waals surface area contributed by atoms with E-state index in [-0.39, 0.29) is 5.56 Å². The van der Waals surface area contributed by atoms with Crippen LogP contribution in [0.15, 0.2) is 12.1 Å². The van der Waals surface area contributed by atoms with E-state index < -0.39 is 11.7 Å². The van der Waals surface area contributed by atoms with Gasteiger partial charge in [0, 0.05) is 6.07 Å². The lowest BCUT2D eigenvalue weighted by Crippen LogP contribution is -2.30. The molecule has 1 aromatic carbocycles. The fourth-order valence-corrected chi connectivity index (χ4v) is 3.86. The van der Waals surface area contributed by atoms with Crippen molar-refractivity contribution in [2.45, 2.75) is 65.7 Å². The van der Waals surface area contributed by atoms with E-state index in [2.05, 4.69) is 13.8 Å². The zero-order valence-corrected chi connectivity index (χ0v) is 16.0. The molecule has 2 atom stereocenters. The van der Waals surface area contributed by atoms with Crippen LogP contribution in [0.3, 0.4) is 0 Å². The average molecular weight is 349 g/mol.